The Kier molecular flexibility index (Phi) is 4.57. The minimum Gasteiger partial charge on any atom is -0.444 e. The number of aryl methyl sites for hydroxylation is 2. The Labute approximate surface area is 127 Å². The van der Waals surface area contributed by atoms with Crippen LogP contribution in [0.2, 0.25) is 0 Å². The monoisotopic (exact) mass is 290 g/mol. The van der Waals surface area contributed by atoms with Gasteiger partial charge in [-0.2, -0.15) is 0 Å². The second kappa shape index (κ2) is 6.06. The van der Waals surface area contributed by atoms with Crippen molar-refractivity contribution in [3.63, 3.8) is 0 Å². The van der Waals surface area contributed by atoms with Crippen molar-refractivity contribution < 1.29 is 9.53 Å². The molecule has 4 heteroatoms. The standard InChI is InChI=1S/C17H26N2O2/c1-12-8-13(2)10-14(9-12)15-11-18-6-7-19(15)16(20)21-17(3,4)5/h8-10,15,18H,6-7,11H2,1-5H3. The highest BCUT2D eigenvalue weighted by molar-refractivity contribution is 5.69. The maximum Gasteiger partial charge on any atom is 0.410 e. The molecule has 1 unspecified atom stereocenters. The minimum absolute atomic E-state index is 0.0344. The molecule has 4 nitrogen and oxygen atoms in total. The lowest BCUT2D eigenvalue weighted by Gasteiger charge is -2.37. The van der Waals surface area contributed by atoms with Crippen LogP contribution in [-0.4, -0.2) is 36.2 Å². The summed E-state index contributed by atoms with van der Waals surface area (Å²) in [6.07, 6.45) is -0.229. The lowest BCUT2D eigenvalue weighted by atomic mass is 9.99. The SMILES string of the molecule is Cc1cc(C)cc(C2CNCCN2C(=O)OC(C)(C)C)c1. The Bertz CT molecular complexity index is 500. The molecule has 2 rings (SSSR count). The average Bonchev–Trinajstić information content (AvgIpc) is 2.35. The van der Waals surface area contributed by atoms with Crippen LogP contribution in [0.3, 0.4) is 0 Å². The van der Waals surface area contributed by atoms with E-state index in [2.05, 4.69) is 37.4 Å². The first-order valence-corrected chi connectivity index (χ1v) is 7.55. The number of carbonyl (C=O) groups excluding carboxylic acids is 1. The zero-order valence-corrected chi connectivity index (χ0v) is 13.7. The summed E-state index contributed by atoms with van der Waals surface area (Å²) in [4.78, 5) is 14.3. The van der Waals surface area contributed by atoms with Crippen LogP contribution in [0.5, 0.6) is 0 Å². The van der Waals surface area contributed by atoms with Crippen molar-refractivity contribution in [1.29, 1.82) is 0 Å². The summed E-state index contributed by atoms with van der Waals surface area (Å²) in [5.41, 5.74) is 3.15. The van der Waals surface area contributed by atoms with Crippen LogP contribution in [0, 0.1) is 13.8 Å². The number of rotatable bonds is 1. The predicted molar refractivity (Wildman–Crippen MR) is 84.5 cm³/mol. The molecule has 1 aromatic carbocycles. The molecule has 1 saturated heterocycles. The highest BCUT2D eigenvalue weighted by Crippen LogP contribution is 2.26. The molecule has 1 heterocycles. The lowest BCUT2D eigenvalue weighted by Crippen LogP contribution is -2.50. The summed E-state index contributed by atoms with van der Waals surface area (Å²) in [7, 11) is 0. The van der Waals surface area contributed by atoms with Crippen LogP contribution >= 0.6 is 0 Å². The first-order chi connectivity index (χ1) is 9.76. The summed E-state index contributed by atoms with van der Waals surface area (Å²) >= 11 is 0. The van der Waals surface area contributed by atoms with E-state index in [1.807, 2.05) is 25.7 Å². The summed E-state index contributed by atoms with van der Waals surface area (Å²) in [6, 6.07) is 6.49. The van der Waals surface area contributed by atoms with Gasteiger partial charge in [0.25, 0.3) is 0 Å². The van der Waals surface area contributed by atoms with Crippen molar-refractivity contribution in [2.45, 2.75) is 46.3 Å². The van der Waals surface area contributed by atoms with Crippen LogP contribution in [0.4, 0.5) is 4.79 Å². The van der Waals surface area contributed by atoms with E-state index in [0.717, 1.165) is 13.1 Å². The van der Waals surface area contributed by atoms with Crippen molar-refractivity contribution in [3.05, 3.63) is 34.9 Å². The first kappa shape index (κ1) is 15.8. The minimum atomic E-state index is -0.463. The number of ether oxygens (including phenoxy) is 1. The van der Waals surface area contributed by atoms with Gasteiger partial charge in [0.15, 0.2) is 0 Å². The van der Waals surface area contributed by atoms with E-state index in [1.54, 1.807) is 0 Å². The molecule has 0 aliphatic carbocycles. The molecule has 21 heavy (non-hydrogen) atoms. The fraction of sp³-hybridized carbons (Fsp3) is 0.588. The largest absolute Gasteiger partial charge is 0.444 e. The molecule has 1 aliphatic heterocycles. The van der Waals surface area contributed by atoms with Gasteiger partial charge in [0, 0.05) is 19.6 Å². The molecular weight excluding hydrogens is 264 g/mol. The number of amides is 1. The number of nitrogens with one attached hydrogen (secondary N) is 1. The van der Waals surface area contributed by atoms with Gasteiger partial charge in [0.1, 0.15) is 5.60 Å². The molecule has 116 valence electrons. The number of carbonyl (C=O) groups is 1. The third kappa shape index (κ3) is 4.21. The molecule has 0 spiro atoms. The van der Waals surface area contributed by atoms with Crippen molar-refractivity contribution in [3.8, 4) is 0 Å². The summed E-state index contributed by atoms with van der Waals surface area (Å²) in [6.45, 7) is 12.1. The third-order valence-corrected chi connectivity index (χ3v) is 3.50. The highest BCUT2D eigenvalue weighted by atomic mass is 16.6. The van der Waals surface area contributed by atoms with Crippen LogP contribution < -0.4 is 5.32 Å². The van der Waals surface area contributed by atoms with Crippen molar-refractivity contribution in [1.82, 2.24) is 10.2 Å². The van der Waals surface area contributed by atoms with Crippen LogP contribution in [0.25, 0.3) is 0 Å². The first-order valence-electron chi connectivity index (χ1n) is 7.55. The maximum atomic E-state index is 12.4. The summed E-state index contributed by atoms with van der Waals surface area (Å²) in [5, 5.41) is 3.37. The van der Waals surface area contributed by atoms with E-state index < -0.39 is 5.60 Å². The van der Waals surface area contributed by atoms with Crippen LogP contribution in [0.1, 0.15) is 43.5 Å². The van der Waals surface area contributed by atoms with E-state index in [9.17, 15) is 4.79 Å². The van der Waals surface area contributed by atoms with Gasteiger partial charge in [-0.1, -0.05) is 29.3 Å². The number of benzene rings is 1. The lowest BCUT2D eigenvalue weighted by molar-refractivity contribution is 0.0118. The van der Waals surface area contributed by atoms with Gasteiger partial charge < -0.3 is 10.1 Å². The van der Waals surface area contributed by atoms with E-state index in [4.69, 9.17) is 4.74 Å². The van der Waals surface area contributed by atoms with Gasteiger partial charge in [-0.15, -0.1) is 0 Å². The van der Waals surface area contributed by atoms with Crippen molar-refractivity contribution in [2.75, 3.05) is 19.6 Å². The molecule has 1 aliphatic rings. The predicted octanol–water partition coefficient (Wildman–Crippen LogP) is 3.18. The molecule has 0 bridgehead atoms. The number of nitrogens with zero attached hydrogens (tertiary/aromatic N) is 1. The number of hydrogen-bond donors (Lipinski definition) is 1. The second-order valence-electron chi connectivity index (χ2n) is 6.81. The Morgan fingerprint density at radius 2 is 1.86 bits per heavy atom. The fourth-order valence-electron chi connectivity index (χ4n) is 2.74. The van der Waals surface area contributed by atoms with Crippen molar-refractivity contribution in [2.24, 2.45) is 0 Å². The van der Waals surface area contributed by atoms with Crippen LogP contribution in [0.15, 0.2) is 18.2 Å². The molecule has 1 amide bonds. The van der Waals surface area contributed by atoms with E-state index in [1.165, 1.54) is 16.7 Å². The molecule has 0 aromatic heterocycles. The Morgan fingerprint density at radius 3 is 2.43 bits per heavy atom. The molecule has 0 saturated carbocycles. The molecule has 1 aromatic rings. The van der Waals surface area contributed by atoms with E-state index >= 15 is 0 Å². The van der Waals surface area contributed by atoms with Crippen molar-refractivity contribution >= 4 is 6.09 Å². The smallest absolute Gasteiger partial charge is 0.410 e. The zero-order valence-electron chi connectivity index (χ0n) is 13.7. The molecular formula is C17H26N2O2. The molecule has 1 fully saturated rings. The van der Waals surface area contributed by atoms with Crippen LogP contribution in [-0.2, 0) is 4.74 Å². The Balaban J connectivity index is 2.24. The summed E-state index contributed by atoms with van der Waals surface area (Å²) in [5.74, 6) is 0. The molecule has 1 atom stereocenters. The summed E-state index contributed by atoms with van der Waals surface area (Å²) < 4.78 is 5.55. The molecule has 0 radical (unpaired) electrons. The van der Waals surface area contributed by atoms with E-state index in [0.29, 0.717) is 6.54 Å². The Morgan fingerprint density at radius 1 is 1.24 bits per heavy atom. The third-order valence-electron chi connectivity index (χ3n) is 3.50. The fourth-order valence-corrected chi connectivity index (χ4v) is 2.74. The topological polar surface area (TPSA) is 41.6 Å². The van der Waals surface area contributed by atoms with Gasteiger partial charge in [-0.05, 0) is 40.2 Å². The zero-order chi connectivity index (χ0) is 15.6. The van der Waals surface area contributed by atoms with Gasteiger partial charge in [-0.3, -0.25) is 4.90 Å². The second-order valence-corrected chi connectivity index (χ2v) is 6.81. The molecule has 1 N–H and O–H groups in total. The number of hydrogen-bond acceptors (Lipinski definition) is 3. The Hall–Kier alpha value is -1.55. The van der Waals surface area contributed by atoms with Gasteiger partial charge in [0.2, 0.25) is 0 Å². The quantitative estimate of drug-likeness (QED) is 0.863. The maximum absolute atomic E-state index is 12.4. The number of piperazine rings is 1. The van der Waals surface area contributed by atoms with Gasteiger partial charge in [0.05, 0.1) is 6.04 Å². The average molecular weight is 290 g/mol. The van der Waals surface area contributed by atoms with Gasteiger partial charge in [-0.25, -0.2) is 4.79 Å². The van der Waals surface area contributed by atoms with E-state index in [-0.39, 0.29) is 12.1 Å². The van der Waals surface area contributed by atoms with Gasteiger partial charge >= 0.3 is 6.09 Å². The normalized spacial score (nSPS) is 19.5. The highest BCUT2D eigenvalue weighted by Gasteiger charge is 2.31.